The number of thiophene rings is 1. The maximum Gasteiger partial charge on any atom is 0.120 e. The number of rotatable bonds is 4. The number of aryl methyl sites for hydroxylation is 1. The number of nitrogens with one attached hydrogen (secondary N) is 1. The van der Waals surface area contributed by atoms with Gasteiger partial charge in [-0.1, -0.05) is 43.9 Å². The zero-order valence-corrected chi connectivity index (χ0v) is 19.8. The summed E-state index contributed by atoms with van der Waals surface area (Å²) in [4.78, 5) is 2.23. The fourth-order valence-corrected chi connectivity index (χ4v) is 5.02. The van der Waals surface area contributed by atoms with Crippen LogP contribution in [0.2, 0.25) is 0 Å². The summed E-state index contributed by atoms with van der Waals surface area (Å²) in [7, 11) is 0. The molecule has 5 heteroatoms. The first kappa shape index (κ1) is 21.8. The number of benzene rings is 1. The van der Waals surface area contributed by atoms with Crippen LogP contribution in [0.4, 0.5) is 0 Å². The Morgan fingerprint density at radius 2 is 2.03 bits per heavy atom. The average molecular weight is 434 g/mol. The zero-order valence-electron chi connectivity index (χ0n) is 19.0. The molecule has 1 aromatic carbocycles. The molecule has 0 saturated heterocycles. The second-order valence-corrected chi connectivity index (χ2v) is 11.0. The van der Waals surface area contributed by atoms with Crippen LogP contribution in [0.3, 0.4) is 0 Å². The SMILES string of the molecule is Cc1ccccc1-n1ncc2c1CC(C)(C)CC2NCc1ccc(C#CC(C)(C)O)s1. The van der Waals surface area contributed by atoms with Crippen LogP contribution in [-0.2, 0) is 13.0 Å². The third-order valence-electron chi connectivity index (χ3n) is 5.70. The highest BCUT2D eigenvalue weighted by Crippen LogP contribution is 2.41. The molecule has 4 nitrogen and oxygen atoms in total. The maximum atomic E-state index is 9.81. The standard InChI is InChI=1S/C26H31N3OS/c1-18-8-6-7-9-23(18)29-24-15-25(2,3)14-22(21(24)17-28-29)27-16-20-11-10-19(31-20)12-13-26(4,5)30/h6-11,17,22,27,30H,14-16H2,1-5H3. The van der Waals surface area contributed by atoms with E-state index in [1.165, 1.54) is 21.7 Å². The molecule has 0 bridgehead atoms. The molecule has 1 aliphatic carbocycles. The average Bonchev–Trinajstić information content (AvgIpc) is 3.30. The lowest BCUT2D eigenvalue weighted by Gasteiger charge is -2.36. The Hall–Kier alpha value is -2.39. The Bertz CT molecular complexity index is 1140. The fourth-order valence-electron chi connectivity index (χ4n) is 4.21. The molecule has 1 aliphatic rings. The Morgan fingerprint density at radius 1 is 1.26 bits per heavy atom. The molecular weight excluding hydrogens is 402 g/mol. The van der Waals surface area contributed by atoms with Gasteiger partial charge in [-0.25, -0.2) is 4.68 Å². The number of fused-ring (bicyclic) bond motifs is 1. The molecule has 0 saturated carbocycles. The van der Waals surface area contributed by atoms with Gasteiger partial charge < -0.3 is 10.4 Å². The van der Waals surface area contributed by atoms with Gasteiger partial charge in [-0.3, -0.25) is 0 Å². The van der Waals surface area contributed by atoms with Gasteiger partial charge in [-0.2, -0.15) is 5.10 Å². The number of aliphatic hydroxyl groups is 1. The van der Waals surface area contributed by atoms with Crippen LogP contribution in [0, 0.1) is 24.2 Å². The van der Waals surface area contributed by atoms with Crippen molar-refractivity contribution in [1.29, 1.82) is 0 Å². The molecule has 31 heavy (non-hydrogen) atoms. The summed E-state index contributed by atoms with van der Waals surface area (Å²) in [5.74, 6) is 5.96. The first-order valence-corrected chi connectivity index (χ1v) is 11.6. The van der Waals surface area contributed by atoms with Crippen LogP contribution >= 0.6 is 11.3 Å². The summed E-state index contributed by atoms with van der Waals surface area (Å²) >= 11 is 1.68. The van der Waals surface area contributed by atoms with Crippen molar-refractivity contribution in [3.8, 4) is 17.5 Å². The van der Waals surface area contributed by atoms with Crippen LogP contribution in [0.1, 0.15) is 66.7 Å². The Kier molecular flexibility index (Phi) is 5.83. The van der Waals surface area contributed by atoms with E-state index in [1.54, 1.807) is 25.2 Å². The van der Waals surface area contributed by atoms with E-state index in [2.05, 4.69) is 72.9 Å². The van der Waals surface area contributed by atoms with Gasteiger partial charge in [-0.05, 0) is 62.8 Å². The van der Waals surface area contributed by atoms with Gasteiger partial charge in [0.1, 0.15) is 5.60 Å². The molecule has 1 unspecified atom stereocenters. The lowest BCUT2D eigenvalue weighted by Crippen LogP contribution is -2.33. The zero-order chi connectivity index (χ0) is 22.2. The van der Waals surface area contributed by atoms with Crippen molar-refractivity contribution in [3.63, 3.8) is 0 Å². The summed E-state index contributed by atoms with van der Waals surface area (Å²) in [5.41, 5.74) is 4.24. The summed E-state index contributed by atoms with van der Waals surface area (Å²) < 4.78 is 2.13. The summed E-state index contributed by atoms with van der Waals surface area (Å²) in [5, 5.41) is 18.4. The highest BCUT2D eigenvalue weighted by molar-refractivity contribution is 7.12. The smallest absolute Gasteiger partial charge is 0.120 e. The normalized spacial score (nSPS) is 17.7. The van der Waals surface area contributed by atoms with Crippen LogP contribution < -0.4 is 5.32 Å². The molecule has 4 rings (SSSR count). The third kappa shape index (κ3) is 5.10. The predicted octanol–water partition coefficient (Wildman–Crippen LogP) is 5.17. The molecule has 2 heterocycles. The number of hydrogen-bond donors (Lipinski definition) is 2. The molecule has 162 valence electrons. The summed E-state index contributed by atoms with van der Waals surface area (Å²) in [6.07, 6.45) is 4.14. The molecule has 0 radical (unpaired) electrons. The van der Waals surface area contributed by atoms with Crippen molar-refractivity contribution in [2.45, 2.75) is 65.6 Å². The van der Waals surface area contributed by atoms with E-state index in [0.29, 0.717) is 0 Å². The number of aromatic nitrogens is 2. The minimum Gasteiger partial charge on any atom is -0.378 e. The predicted molar refractivity (Wildman–Crippen MR) is 127 cm³/mol. The van der Waals surface area contributed by atoms with Crippen molar-refractivity contribution in [3.05, 3.63) is 69.2 Å². The van der Waals surface area contributed by atoms with E-state index >= 15 is 0 Å². The Morgan fingerprint density at radius 3 is 2.77 bits per heavy atom. The molecular formula is C26H31N3OS. The lowest BCUT2D eigenvalue weighted by atomic mass is 9.74. The topological polar surface area (TPSA) is 50.1 Å². The monoisotopic (exact) mass is 433 g/mol. The van der Waals surface area contributed by atoms with Gasteiger partial charge in [0.05, 0.1) is 16.8 Å². The van der Waals surface area contributed by atoms with Crippen molar-refractivity contribution in [2.24, 2.45) is 5.41 Å². The van der Waals surface area contributed by atoms with E-state index in [9.17, 15) is 5.11 Å². The first-order valence-electron chi connectivity index (χ1n) is 10.8. The van der Waals surface area contributed by atoms with Crippen molar-refractivity contribution < 1.29 is 5.11 Å². The summed E-state index contributed by atoms with van der Waals surface area (Å²) in [6.45, 7) is 11.0. The van der Waals surface area contributed by atoms with Crippen LogP contribution in [-0.4, -0.2) is 20.5 Å². The van der Waals surface area contributed by atoms with E-state index < -0.39 is 5.60 Å². The Balaban J connectivity index is 1.55. The van der Waals surface area contributed by atoms with Gasteiger partial charge in [0.25, 0.3) is 0 Å². The largest absolute Gasteiger partial charge is 0.378 e. The van der Waals surface area contributed by atoms with E-state index in [-0.39, 0.29) is 11.5 Å². The highest BCUT2D eigenvalue weighted by Gasteiger charge is 2.35. The van der Waals surface area contributed by atoms with Gasteiger partial charge in [0.2, 0.25) is 0 Å². The first-order chi connectivity index (χ1) is 14.6. The van der Waals surface area contributed by atoms with Crippen LogP contribution in [0.5, 0.6) is 0 Å². The minimum absolute atomic E-state index is 0.198. The lowest BCUT2D eigenvalue weighted by molar-refractivity contribution is 0.143. The van der Waals surface area contributed by atoms with Crippen molar-refractivity contribution >= 4 is 11.3 Å². The van der Waals surface area contributed by atoms with Gasteiger partial charge in [0.15, 0.2) is 0 Å². The maximum absolute atomic E-state index is 9.81. The highest BCUT2D eigenvalue weighted by atomic mass is 32.1. The molecule has 2 aromatic heterocycles. The van der Waals surface area contributed by atoms with E-state index in [0.717, 1.165) is 30.0 Å². The molecule has 3 aromatic rings. The molecule has 2 N–H and O–H groups in total. The van der Waals surface area contributed by atoms with Crippen molar-refractivity contribution in [2.75, 3.05) is 0 Å². The molecule has 0 amide bonds. The third-order valence-corrected chi connectivity index (χ3v) is 6.70. The number of para-hydroxylation sites is 1. The Labute approximate surface area is 189 Å². The van der Waals surface area contributed by atoms with Crippen molar-refractivity contribution in [1.82, 2.24) is 15.1 Å². The second kappa shape index (κ2) is 8.27. The van der Waals surface area contributed by atoms with Gasteiger partial charge >= 0.3 is 0 Å². The van der Waals surface area contributed by atoms with Crippen LogP contribution in [0.15, 0.2) is 42.6 Å². The molecule has 0 spiro atoms. The quantitative estimate of drug-likeness (QED) is 0.558. The number of nitrogens with zero attached hydrogens (tertiary/aromatic N) is 2. The minimum atomic E-state index is -0.969. The fraction of sp³-hybridized carbons (Fsp3) is 0.423. The number of hydrogen-bond acceptors (Lipinski definition) is 4. The summed E-state index contributed by atoms with van der Waals surface area (Å²) in [6, 6.07) is 12.9. The second-order valence-electron chi connectivity index (χ2n) is 9.80. The van der Waals surface area contributed by atoms with Gasteiger partial charge in [-0.15, -0.1) is 11.3 Å². The van der Waals surface area contributed by atoms with Crippen LogP contribution in [0.25, 0.3) is 5.69 Å². The molecule has 1 atom stereocenters. The van der Waals surface area contributed by atoms with E-state index in [1.807, 2.05) is 12.3 Å². The molecule has 0 aliphatic heterocycles. The van der Waals surface area contributed by atoms with Gasteiger partial charge in [0, 0.05) is 28.7 Å². The molecule has 0 fully saturated rings. The van der Waals surface area contributed by atoms with E-state index in [4.69, 9.17) is 5.10 Å².